The maximum absolute atomic E-state index is 12.7. The third-order valence-corrected chi connectivity index (χ3v) is 5.52. The average Bonchev–Trinajstić information content (AvgIpc) is 2.57. The number of nitrogens with zero attached hydrogens (tertiary/aromatic N) is 1. The van der Waals surface area contributed by atoms with E-state index in [1.807, 2.05) is 37.3 Å². The van der Waals surface area contributed by atoms with Gasteiger partial charge in [0.05, 0.1) is 5.92 Å². The second kappa shape index (κ2) is 8.52. The summed E-state index contributed by atoms with van der Waals surface area (Å²) < 4.78 is 1.18. The molecule has 1 atom stereocenters. The number of likely N-dealkylation sites (tertiary alicyclic amines) is 1. The zero-order valence-corrected chi connectivity index (χ0v) is 17.2. The monoisotopic (exact) mass is 468 g/mol. The molecule has 1 fully saturated rings. The van der Waals surface area contributed by atoms with E-state index in [2.05, 4.69) is 44.9 Å². The van der Waals surface area contributed by atoms with Crippen LogP contribution in [0.5, 0.6) is 0 Å². The fourth-order valence-corrected chi connectivity index (χ4v) is 4.17. The molecule has 1 unspecified atom stereocenters. The summed E-state index contributed by atoms with van der Waals surface area (Å²) in [7, 11) is 0. The molecule has 1 N–H and O–H groups in total. The summed E-state index contributed by atoms with van der Waals surface area (Å²) in [4.78, 5) is 15.0. The zero-order chi connectivity index (χ0) is 17.8. The molecule has 25 heavy (non-hydrogen) atoms. The van der Waals surface area contributed by atoms with Gasteiger partial charge in [-0.15, -0.1) is 0 Å². The van der Waals surface area contributed by atoms with Gasteiger partial charge < -0.3 is 5.32 Å². The summed E-state index contributed by atoms with van der Waals surface area (Å²) in [5.74, 6) is 0.159. The summed E-state index contributed by atoms with van der Waals surface area (Å²) in [6, 6.07) is 14.1. The van der Waals surface area contributed by atoms with Gasteiger partial charge in [-0.3, -0.25) is 9.69 Å². The zero-order valence-electron chi connectivity index (χ0n) is 14.3. The van der Waals surface area contributed by atoms with Gasteiger partial charge in [0.1, 0.15) is 0 Å². The van der Waals surface area contributed by atoms with Crippen LogP contribution in [0.4, 0.5) is 5.69 Å². The highest BCUT2D eigenvalue weighted by Crippen LogP contribution is 2.23. The summed E-state index contributed by atoms with van der Waals surface area (Å²) in [5, 5.41) is 3.87. The Labute approximate surface area is 167 Å². The smallest absolute Gasteiger partial charge is 0.228 e. The van der Waals surface area contributed by atoms with Gasteiger partial charge in [0.25, 0.3) is 0 Å². The minimum Gasteiger partial charge on any atom is -0.326 e. The molecule has 132 valence electrons. The predicted octanol–water partition coefficient (Wildman–Crippen LogP) is 5.10. The first-order valence-corrected chi connectivity index (χ1v) is 10.0. The third kappa shape index (κ3) is 5.19. The first-order chi connectivity index (χ1) is 12.0. The van der Waals surface area contributed by atoms with Crippen molar-refractivity contribution in [3.05, 3.63) is 62.2 Å². The molecule has 1 aliphatic heterocycles. The van der Waals surface area contributed by atoms with E-state index in [0.717, 1.165) is 48.7 Å². The Morgan fingerprint density at radius 1 is 1.32 bits per heavy atom. The molecule has 0 saturated carbocycles. The van der Waals surface area contributed by atoms with Crippen LogP contribution in [0, 0.1) is 16.4 Å². The number of amides is 1. The number of nitrogens with one attached hydrogen (secondary N) is 1. The fraction of sp³-hybridized carbons (Fsp3) is 0.350. The molecule has 2 aromatic rings. The van der Waals surface area contributed by atoms with Crippen molar-refractivity contribution in [3.8, 4) is 0 Å². The molecule has 0 radical (unpaired) electrons. The quantitative estimate of drug-likeness (QED) is 0.633. The number of halogens is 2. The largest absolute Gasteiger partial charge is 0.326 e. The number of anilines is 1. The minimum atomic E-state index is 0.0339. The molecule has 0 aromatic heterocycles. The van der Waals surface area contributed by atoms with Crippen LogP contribution in [-0.2, 0) is 11.3 Å². The second-order valence-electron chi connectivity index (χ2n) is 6.65. The lowest BCUT2D eigenvalue weighted by Crippen LogP contribution is -2.40. The summed E-state index contributed by atoms with van der Waals surface area (Å²) in [6.45, 7) is 4.69. The van der Waals surface area contributed by atoms with Crippen molar-refractivity contribution in [2.75, 3.05) is 18.4 Å². The first-order valence-electron chi connectivity index (χ1n) is 8.55. The lowest BCUT2D eigenvalue weighted by Gasteiger charge is -2.32. The van der Waals surface area contributed by atoms with Gasteiger partial charge in [0.15, 0.2) is 0 Å². The molecule has 0 aliphatic carbocycles. The van der Waals surface area contributed by atoms with E-state index in [0.29, 0.717) is 0 Å². The van der Waals surface area contributed by atoms with Gasteiger partial charge in [-0.1, -0.05) is 23.7 Å². The van der Waals surface area contributed by atoms with Crippen LogP contribution in [0.3, 0.4) is 0 Å². The van der Waals surface area contributed by atoms with Crippen LogP contribution in [0.2, 0.25) is 5.02 Å². The summed E-state index contributed by atoms with van der Waals surface area (Å²) >= 11 is 8.36. The highest BCUT2D eigenvalue weighted by molar-refractivity contribution is 14.1. The molecule has 3 nitrogen and oxygen atoms in total. The van der Waals surface area contributed by atoms with Gasteiger partial charge in [0.2, 0.25) is 5.91 Å². The van der Waals surface area contributed by atoms with Crippen molar-refractivity contribution in [1.82, 2.24) is 4.90 Å². The van der Waals surface area contributed by atoms with E-state index in [4.69, 9.17) is 11.6 Å². The van der Waals surface area contributed by atoms with Crippen LogP contribution in [0.1, 0.15) is 24.0 Å². The Kier molecular flexibility index (Phi) is 6.36. The Bertz CT molecular complexity index is 765. The van der Waals surface area contributed by atoms with Gasteiger partial charge in [-0.05, 0) is 90.4 Å². The molecule has 0 spiro atoms. The number of rotatable bonds is 4. The van der Waals surface area contributed by atoms with Crippen LogP contribution in [-0.4, -0.2) is 23.9 Å². The van der Waals surface area contributed by atoms with Crippen molar-refractivity contribution < 1.29 is 4.79 Å². The molecule has 1 heterocycles. The molecular formula is C20H22ClIN2O. The Balaban J connectivity index is 1.61. The maximum Gasteiger partial charge on any atom is 0.228 e. The van der Waals surface area contributed by atoms with E-state index in [9.17, 15) is 4.79 Å². The number of hydrogen-bond donors (Lipinski definition) is 1. The highest BCUT2D eigenvalue weighted by Gasteiger charge is 2.26. The molecule has 3 rings (SSSR count). The molecule has 0 bridgehead atoms. The van der Waals surface area contributed by atoms with Gasteiger partial charge in [-0.25, -0.2) is 0 Å². The number of piperidine rings is 1. The highest BCUT2D eigenvalue weighted by atomic mass is 127. The fourth-order valence-electron chi connectivity index (χ4n) is 3.31. The van der Waals surface area contributed by atoms with Crippen LogP contribution < -0.4 is 5.32 Å². The van der Waals surface area contributed by atoms with Crippen molar-refractivity contribution in [1.29, 1.82) is 0 Å². The predicted molar refractivity (Wildman–Crippen MR) is 112 cm³/mol. The van der Waals surface area contributed by atoms with Crippen LogP contribution in [0.15, 0.2) is 42.5 Å². The van der Waals surface area contributed by atoms with Crippen LogP contribution >= 0.6 is 34.2 Å². The second-order valence-corrected chi connectivity index (χ2v) is 8.33. The van der Waals surface area contributed by atoms with Gasteiger partial charge in [-0.2, -0.15) is 0 Å². The molecule has 1 saturated heterocycles. The molecular weight excluding hydrogens is 447 g/mol. The summed E-state index contributed by atoms with van der Waals surface area (Å²) in [5.41, 5.74) is 3.21. The number of benzene rings is 2. The molecule has 2 aromatic carbocycles. The minimum absolute atomic E-state index is 0.0339. The lowest BCUT2D eigenvalue weighted by atomic mass is 9.96. The topological polar surface area (TPSA) is 32.3 Å². The van der Waals surface area contributed by atoms with Gasteiger partial charge in [0, 0.05) is 27.4 Å². The number of aryl methyl sites for hydroxylation is 1. The van der Waals surface area contributed by atoms with E-state index in [1.54, 1.807) is 0 Å². The van der Waals surface area contributed by atoms with Crippen molar-refractivity contribution in [3.63, 3.8) is 0 Å². The van der Waals surface area contributed by atoms with Crippen LogP contribution in [0.25, 0.3) is 0 Å². The Morgan fingerprint density at radius 2 is 2.16 bits per heavy atom. The van der Waals surface area contributed by atoms with Crippen molar-refractivity contribution in [2.24, 2.45) is 5.92 Å². The number of carbonyl (C=O) groups excluding carboxylic acids is 1. The lowest BCUT2D eigenvalue weighted by molar-refractivity contribution is -0.121. The normalized spacial score (nSPS) is 18.1. The molecule has 1 aliphatic rings. The van der Waals surface area contributed by atoms with Crippen molar-refractivity contribution >= 4 is 45.8 Å². The van der Waals surface area contributed by atoms with E-state index < -0.39 is 0 Å². The maximum atomic E-state index is 12.7. The van der Waals surface area contributed by atoms with E-state index >= 15 is 0 Å². The SMILES string of the molecule is Cc1cc(I)ccc1NC(=O)C1CCCN(Cc2cccc(Cl)c2)C1. The van der Waals surface area contributed by atoms with E-state index in [-0.39, 0.29) is 11.8 Å². The van der Waals surface area contributed by atoms with E-state index in [1.165, 1.54) is 9.13 Å². The number of carbonyl (C=O) groups is 1. The molecule has 1 amide bonds. The first kappa shape index (κ1) is 18.7. The summed E-state index contributed by atoms with van der Waals surface area (Å²) in [6.07, 6.45) is 1.99. The average molecular weight is 469 g/mol. The Morgan fingerprint density at radius 3 is 2.92 bits per heavy atom. The van der Waals surface area contributed by atoms with Gasteiger partial charge >= 0.3 is 0 Å². The van der Waals surface area contributed by atoms with Crippen molar-refractivity contribution in [2.45, 2.75) is 26.3 Å². The third-order valence-electron chi connectivity index (χ3n) is 4.62. The molecule has 5 heteroatoms. The number of hydrogen-bond acceptors (Lipinski definition) is 2. The standard InChI is InChI=1S/C20H22ClIN2O/c1-14-10-18(22)7-8-19(14)23-20(25)16-5-3-9-24(13-16)12-15-4-2-6-17(21)11-15/h2,4,6-8,10-11,16H,3,5,9,12-13H2,1H3,(H,23,25). The Hall–Kier alpha value is -1.11.